The molecular formula is C31H39NS3. The van der Waals surface area contributed by atoms with Crippen LogP contribution >= 0.6 is 34.0 Å². The van der Waals surface area contributed by atoms with Crippen molar-refractivity contribution >= 4 is 76.0 Å². The minimum atomic E-state index is 0. The quantitative estimate of drug-likeness (QED) is 0.143. The average molecular weight is 522 g/mol. The molecule has 5 rings (SSSR count). The number of hydrogen-bond acceptors (Lipinski definition) is 3. The highest BCUT2D eigenvalue weighted by Gasteiger charge is 2.19. The Labute approximate surface area is 223 Å². The smallest absolute Gasteiger partial charge is 0.0701 e. The number of aromatic nitrogens is 1. The van der Waals surface area contributed by atoms with Crippen molar-refractivity contribution in [2.75, 3.05) is 0 Å². The molecule has 1 nitrogen and oxygen atoms in total. The zero-order valence-corrected chi connectivity index (χ0v) is 22.8. The normalized spacial score (nSPS) is 14.7. The zero-order valence-electron chi connectivity index (χ0n) is 20.4. The molecule has 1 aliphatic carbocycles. The van der Waals surface area contributed by atoms with E-state index in [0.717, 1.165) is 0 Å². The molecule has 1 aliphatic rings. The summed E-state index contributed by atoms with van der Waals surface area (Å²) < 4.78 is 8.20. The van der Waals surface area contributed by atoms with Crippen LogP contribution < -0.4 is 0 Å². The number of nitrogens with zero attached hydrogens (tertiary/aromatic N) is 1. The Hall–Kier alpha value is -2.14. The van der Waals surface area contributed by atoms with Gasteiger partial charge in [0.15, 0.2) is 0 Å². The lowest BCUT2D eigenvalue weighted by Crippen LogP contribution is -2.13. The molecule has 0 N–H and O–H groups in total. The highest BCUT2D eigenvalue weighted by atomic mass is 32.1. The summed E-state index contributed by atoms with van der Waals surface area (Å²) in [5.41, 5.74) is 2.78. The lowest BCUT2D eigenvalue weighted by atomic mass is 9.96. The van der Waals surface area contributed by atoms with Crippen LogP contribution in [-0.2, 0) is 0 Å². The Kier molecular flexibility index (Phi) is 10.4. The van der Waals surface area contributed by atoms with Crippen molar-refractivity contribution in [2.24, 2.45) is 0 Å². The van der Waals surface area contributed by atoms with E-state index in [0.29, 0.717) is 6.04 Å². The topological polar surface area (TPSA) is 4.93 Å². The average Bonchev–Trinajstić information content (AvgIpc) is 2.87. The van der Waals surface area contributed by atoms with Gasteiger partial charge in [-0.1, -0.05) is 96.9 Å². The van der Waals surface area contributed by atoms with Gasteiger partial charge >= 0.3 is 0 Å². The molecule has 0 bridgehead atoms. The Morgan fingerprint density at radius 2 is 1.49 bits per heavy atom. The summed E-state index contributed by atoms with van der Waals surface area (Å²) in [6.45, 7) is 11.9. The molecule has 35 heavy (non-hydrogen) atoms. The molecule has 0 aliphatic heterocycles. The fraction of sp³-hybridized carbons (Fsp3) is 0.355. The molecular weight excluding hydrogens is 483 g/mol. The van der Waals surface area contributed by atoms with Crippen LogP contribution in [0.4, 0.5) is 0 Å². The number of fused-ring (bicyclic) bond motifs is 4. The predicted molar refractivity (Wildman–Crippen MR) is 167 cm³/mol. The molecule has 1 fully saturated rings. The van der Waals surface area contributed by atoms with E-state index in [-0.39, 0.29) is 7.43 Å². The van der Waals surface area contributed by atoms with E-state index in [9.17, 15) is 0 Å². The maximum atomic E-state index is 4.06. The molecule has 1 saturated carbocycles. The summed E-state index contributed by atoms with van der Waals surface area (Å²) in [5, 5.41) is 0. The molecule has 0 amide bonds. The van der Waals surface area contributed by atoms with Gasteiger partial charge in [0, 0.05) is 20.5 Å². The first-order valence-corrected chi connectivity index (χ1v) is 15.0. The summed E-state index contributed by atoms with van der Waals surface area (Å²) in [5.74, 6) is 0. The zero-order chi connectivity index (χ0) is 23.9. The van der Waals surface area contributed by atoms with Crippen molar-refractivity contribution in [1.82, 2.24) is 4.57 Å². The van der Waals surface area contributed by atoms with Crippen molar-refractivity contribution in [2.45, 2.75) is 72.3 Å². The Bertz CT molecular complexity index is 1350. The van der Waals surface area contributed by atoms with Crippen molar-refractivity contribution < 1.29 is 0 Å². The molecule has 0 spiro atoms. The highest BCUT2D eigenvalue weighted by molar-refractivity contribution is 7.34. The molecule has 2 aromatic carbocycles. The van der Waals surface area contributed by atoms with E-state index < -0.39 is 0 Å². The summed E-state index contributed by atoms with van der Waals surface area (Å²) in [6, 6.07) is 14.3. The summed E-state index contributed by atoms with van der Waals surface area (Å²) in [7, 11) is 0. The first kappa shape index (κ1) is 27.4. The van der Waals surface area contributed by atoms with Gasteiger partial charge in [0.25, 0.3) is 0 Å². The number of hydrogen-bond donors (Lipinski definition) is 0. The molecule has 4 aromatic rings. The molecule has 4 heteroatoms. The molecule has 0 atom stereocenters. The van der Waals surface area contributed by atoms with E-state index in [4.69, 9.17) is 0 Å². The van der Waals surface area contributed by atoms with Gasteiger partial charge in [0.05, 0.1) is 25.1 Å². The van der Waals surface area contributed by atoms with Crippen molar-refractivity contribution in [3.05, 3.63) is 71.5 Å². The summed E-state index contributed by atoms with van der Waals surface area (Å²) in [6.07, 6.45) is 17.4. The van der Waals surface area contributed by atoms with Gasteiger partial charge in [0.2, 0.25) is 0 Å². The van der Waals surface area contributed by atoms with E-state index in [1.807, 2.05) is 66.1 Å². The lowest BCUT2D eigenvalue weighted by Gasteiger charge is -2.27. The molecule has 186 valence electrons. The SMILES string of the molecule is C.C=C/C=C\c1sc2c(ccc3c2sc2ccccc2n3C2CCCCCCC2)sc1C=C.CC. The second-order valence-electron chi connectivity index (χ2n) is 8.41. The van der Waals surface area contributed by atoms with Gasteiger partial charge < -0.3 is 4.57 Å². The van der Waals surface area contributed by atoms with Crippen LogP contribution in [-0.4, -0.2) is 4.57 Å². The second-order valence-corrected chi connectivity index (χ2v) is 11.6. The van der Waals surface area contributed by atoms with Crippen LogP contribution in [0.2, 0.25) is 0 Å². The van der Waals surface area contributed by atoms with Crippen LogP contribution in [0.3, 0.4) is 0 Å². The van der Waals surface area contributed by atoms with Gasteiger partial charge in [0.1, 0.15) is 0 Å². The highest BCUT2D eigenvalue weighted by Crippen LogP contribution is 2.42. The largest absolute Gasteiger partial charge is 0.336 e. The van der Waals surface area contributed by atoms with E-state index in [2.05, 4.69) is 60.2 Å². The van der Waals surface area contributed by atoms with Gasteiger partial charge in [-0.05, 0) is 43.2 Å². The maximum absolute atomic E-state index is 4.06. The van der Waals surface area contributed by atoms with Crippen LogP contribution in [0, 0.1) is 0 Å². The number of allylic oxidation sites excluding steroid dienone is 2. The van der Waals surface area contributed by atoms with Crippen molar-refractivity contribution in [1.29, 1.82) is 0 Å². The summed E-state index contributed by atoms with van der Waals surface area (Å²) >= 11 is 5.66. The Morgan fingerprint density at radius 1 is 0.771 bits per heavy atom. The van der Waals surface area contributed by atoms with Gasteiger partial charge in [-0.15, -0.1) is 34.0 Å². The van der Waals surface area contributed by atoms with Crippen LogP contribution in [0.15, 0.2) is 61.7 Å². The van der Waals surface area contributed by atoms with E-state index >= 15 is 0 Å². The fourth-order valence-electron chi connectivity index (χ4n) is 4.81. The summed E-state index contributed by atoms with van der Waals surface area (Å²) in [4.78, 5) is 2.47. The fourth-order valence-corrected chi connectivity index (χ4v) is 8.47. The van der Waals surface area contributed by atoms with Crippen LogP contribution in [0.5, 0.6) is 0 Å². The first-order valence-electron chi connectivity index (χ1n) is 12.5. The number of rotatable bonds is 4. The molecule has 2 heterocycles. The maximum Gasteiger partial charge on any atom is 0.0701 e. The third kappa shape index (κ3) is 5.82. The van der Waals surface area contributed by atoms with E-state index in [1.165, 1.54) is 84.5 Å². The van der Waals surface area contributed by atoms with Gasteiger partial charge in [-0.25, -0.2) is 0 Å². The Balaban J connectivity index is 0.00000111. The minimum Gasteiger partial charge on any atom is -0.336 e. The van der Waals surface area contributed by atoms with Crippen LogP contribution in [0.25, 0.3) is 42.0 Å². The van der Waals surface area contributed by atoms with Crippen LogP contribution in [0.1, 0.15) is 82.0 Å². The van der Waals surface area contributed by atoms with Crippen molar-refractivity contribution in [3.63, 3.8) is 0 Å². The molecule has 2 aromatic heterocycles. The predicted octanol–water partition coefficient (Wildman–Crippen LogP) is 12.0. The number of para-hydroxylation sites is 1. The second kappa shape index (κ2) is 13.2. The van der Waals surface area contributed by atoms with Gasteiger partial charge in [-0.2, -0.15) is 0 Å². The third-order valence-electron chi connectivity index (χ3n) is 6.34. The first-order chi connectivity index (χ1) is 16.8. The Morgan fingerprint density at radius 3 is 2.20 bits per heavy atom. The molecule has 0 saturated heterocycles. The lowest BCUT2D eigenvalue weighted by molar-refractivity contribution is 0.385. The molecule has 0 unspecified atom stereocenters. The van der Waals surface area contributed by atoms with Gasteiger partial charge in [-0.3, -0.25) is 0 Å². The standard InChI is InChI=1S/C28H29NS3.C2H6.CH4/c1-3-5-16-25-23(4-2)30-26-19-18-22-27(28(26)32-25)31-24-17-12-11-15-21(24)29(22)20-13-9-7-6-8-10-14-20;1-2;/h3-5,11-12,15-20H,1-2,6-10,13-14H2;1-2H3;1H4/b16-5-;;. The van der Waals surface area contributed by atoms with Crippen molar-refractivity contribution in [3.8, 4) is 0 Å². The third-order valence-corrected chi connectivity index (χ3v) is 10.3. The van der Waals surface area contributed by atoms with E-state index in [1.54, 1.807) is 0 Å². The number of benzene rings is 2. The monoisotopic (exact) mass is 521 g/mol. The minimum absolute atomic E-state index is 0. The molecule has 0 radical (unpaired) electrons.